The van der Waals surface area contributed by atoms with E-state index >= 15 is 0 Å². The van der Waals surface area contributed by atoms with Gasteiger partial charge < -0.3 is 10.6 Å². The van der Waals surface area contributed by atoms with Crippen LogP contribution in [0.3, 0.4) is 0 Å². The maximum atomic E-state index is 13.8. The molecule has 2 aromatic heterocycles. The predicted molar refractivity (Wildman–Crippen MR) is 120 cm³/mol. The van der Waals surface area contributed by atoms with Gasteiger partial charge in [0.25, 0.3) is 5.91 Å². The lowest BCUT2D eigenvalue weighted by Crippen LogP contribution is -2.47. The van der Waals surface area contributed by atoms with E-state index in [1.807, 2.05) is 19.1 Å². The van der Waals surface area contributed by atoms with Crippen molar-refractivity contribution in [1.29, 1.82) is 0 Å². The second kappa shape index (κ2) is 8.38. The standard InChI is InChI=1S/C24H24F3N5O/c1-12-6-5-8-32-22(13(2)30-23(12)32)24(33)31-9-7-16(20(28)14(31)3)21(29-4)15-10-17(25)19(27)18(26)11-15/h5-6,8,10-11,14H,7,9,28H2,1-4H3/t14-/m0/s1. The van der Waals surface area contributed by atoms with Crippen molar-refractivity contribution in [3.8, 4) is 0 Å². The van der Waals surface area contributed by atoms with Gasteiger partial charge in [0.2, 0.25) is 0 Å². The van der Waals surface area contributed by atoms with Crippen molar-refractivity contribution >= 4 is 17.3 Å². The van der Waals surface area contributed by atoms with E-state index in [4.69, 9.17) is 5.73 Å². The number of carbonyl (C=O) groups excluding carboxylic acids is 1. The fourth-order valence-corrected chi connectivity index (χ4v) is 4.36. The van der Waals surface area contributed by atoms with E-state index in [9.17, 15) is 18.0 Å². The molecule has 33 heavy (non-hydrogen) atoms. The van der Waals surface area contributed by atoms with Crippen LogP contribution in [0.15, 0.2) is 46.7 Å². The number of hydrogen-bond donors (Lipinski definition) is 1. The van der Waals surface area contributed by atoms with Crippen molar-refractivity contribution < 1.29 is 18.0 Å². The zero-order chi connectivity index (χ0) is 24.0. The van der Waals surface area contributed by atoms with Gasteiger partial charge in [-0.3, -0.25) is 14.2 Å². The molecule has 9 heteroatoms. The normalized spacial score (nSPS) is 17.2. The minimum Gasteiger partial charge on any atom is -0.400 e. The van der Waals surface area contributed by atoms with Gasteiger partial charge in [-0.1, -0.05) is 6.07 Å². The Labute approximate surface area is 189 Å². The van der Waals surface area contributed by atoms with E-state index in [1.54, 1.807) is 29.3 Å². The van der Waals surface area contributed by atoms with E-state index < -0.39 is 23.5 Å². The number of nitrogens with two attached hydrogens (primary N) is 1. The summed E-state index contributed by atoms with van der Waals surface area (Å²) in [6.07, 6.45) is 2.12. The van der Waals surface area contributed by atoms with Gasteiger partial charge in [-0.2, -0.15) is 0 Å². The Morgan fingerprint density at radius 2 is 1.88 bits per heavy atom. The van der Waals surface area contributed by atoms with Crippen molar-refractivity contribution in [3.05, 3.63) is 81.7 Å². The average molecular weight is 455 g/mol. The first-order chi connectivity index (χ1) is 15.6. The lowest BCUT2D eigenvalue weighted by atomic mass is 9.91. The molecular formula is C24H24F3N5O. The van der Waals surface area contributed by atoms with Crippen LogP contribution in [0.4, 0.5) is 13.2 Å². The molecule has 0 aliphatic carbocycles. The van der Waals surface area contributed by atoms with Gasteiger partial charge in [0.15, 0.2) is 17.5 Å². The van der Waals surface area contributed by atoms with Gasteiger partial charge in [0, 0.05) is 36.6 Å². The quantitative estimate of drug-likeness (QED) is 0.480. The molecule has 0 unspecified atom stereocenters. The topological polar surface area (TPSA) is 76.0 Å². The van der Waals surface area contributed by atoms with Crippen LogP contribution in [0.2, 0.25) is 0 Å². The number of rotatable bonds is 3. The molecule has 0 bridgehead atoms. The molecule has 1 amide bonds. The molecule has 6 nitrogen and oxygen atoms in total. The fourth-order valence-electron chi connectivity index (χ4n) is 4.36. The van der Waals surface area contributed by atoms with Crippen molar-refractivity contribution in [1.82, 2.24) is 14.3 Å². The Balaban J connectivity index is 1.71. The smallest absolute Gasteiger partial charge is 0.273 e. The zero-order valence-corrected chi connectivity index (χ0v) is 18.8. The third-order valence-corrected chi connectivity index (χ3v) is 6.12. The van der Waals surface area contributed by atoms with Crippen LogP contribution >= 0.6 is 0 Å². The van der Waals surface area contributed by atoms with E-state index in [0.717, 1.165) is 17.7 Å². The molecule has 0 radical (unpaired) electrons. The molecule has 0 fully saturated rings. The van der Waals surface area contributed by atoms with Gasteiger partial charge in [-0.25, -0.2) is 18.2 Å². The van der Waals surface area contributed by atoms with E-state index in [1.165, 1.54) is 7.05 Å². The summed E-state index contributed by atoms with van der Waals surface area (Å²) < 4.78 is 42.8. The maximum absolute atomic E-state index is 13.8. The summed E-state index contributed by atoms with van der Waals surface area (Å²) in [4.78, 5) is 23.9. The number of imidazole rings is 1. The highest BCUT2D eigenvalue weighted by Crippen LogP contribution is 2.28. The molecule has 1 atom stereocenters. The molecule has 0 spiro atoms. The molecule has 3 aromatic rings. The molecule has 1 aliphatic rings. The van der Waals surface area contributed by atoms with Crippen molar-refractivity contribution in [2.45, 2.75) is 33.2 Å². The predicted octanol–water partition coefficient (Wildman–Crippen LogP) is 3.93. The van der Waals surface area contributed by atoms with Gasteiger partial charge in [-0.15, -0.1) is 0 Å². The molecule has 1 aliphatic heterocycles. The SMILES string of the molecule is CN=C(C1=C(N)[C@H](C)N(C(=O)c2c(C)nc3c(C)cccn23)CC1)c1cc(F)c(F)c(F)c1. The number of aryl methyl sites for hydroxylation is 2. The number of fused-ring (bicyclic) bond motifs is 1. The van der Waals surface area contributed by atoms with E-state index in [2.05, 4.69) is 9.98 Å². The monoisotopic (exact) mass is 455 g/mol. The summed E-state index contributed by atoms with van der Waals surface area (Å²) >= 11 is 0. The molecule has 172 valence electrons. The number of amides is 1. The number of benzene rings is 1. The van der Waals surface area contributed by atoms with Crippen LogP contribution in [0, 0.1) is 31.3 Å². The highest BCUT2D eigenvalue weighted by Gasteiger charge is 2.33. The van der Waals surface area contributed by atoms with Gasteiger partial charge in [-0.05, 0) is 51.0 Å². The van der Waals surface area contributed by atoms with Crippen LogP contribution in [-0.4, -0.2) is 45.5 Å². The highest BCUT2D eigenvalue weighted by molar-refractivity contribution is 6.13. The first-order valence-corrected chi connectivity index (χ1v) is 10.5. The Kier molecular flexibility index (Phi) is 5.73. The number of carbonyl (C=O) groups is 1. The number of pyridine rings is 1. The van der Waals surface area contributed by atoms with E-state index in [-0.39, 0.29) is 17.2 Å². The number of aliphatic imine (C=N–C) groups is 1. The average Bonchev–Trinajstić information content (AvgIpc) is 3.12. The molecule has 1 aromatic carbocycles. The Bertz CT molecular complexity index is 1320. The molecule has 4 rings (SSSR count). The number of aromatic nitrogens is 2. The first kappa shape index (κ1) is 22.6. The summed E-state index contributed by atoms with van der Waals surface area (Å²) in [6.45, 7) is 5.83. The van der Waals surface area contributed by atoms with Crippen LogP contribution in [0.5, 0.6) is 0 Å². The molecule has 3 heterocycles. The summed E-state index contributed by atoms with van der Waals surface area (Å²) in [7, 11) is 1.47. The molecule has 0 saturated carbocycles. The second-order valence-corrected chi connectivity index (χ2v) is 8.12. The maximum Gasteiger partial charge on any atom is 0.273 e. The Hall–Kier alpha value is -3.62. The van der Waals surface area contributed by atoms with Gasteiger partial charge in [0.1, 0.15) is 11.3 Å². The lowest BCUT2D eigenvalue weighted by Gasteiger charge is -2.36. The minimum atomic E-state index is -1.54. The minimum absolute atomic E-state index is 0.0898. The lowest BCUT2D eigenvalue weighted by molar-refractivity contribution is 0.0698. The largest absolute Gasteiger partial charge is 0.400 e. The summed E-state index contributed by atoms with van der Waals surface area (Å²) in [6, 6.07) is 5.08. The third-order valence-electron chi connectivity index (χ3n) is 6.12. The molecular weight excluding hydrogens is 431 g/mol. The zero-order valence-electron chi connectivity index (χ0n) is 18.8. The first-order valence-electron chi connectivity index (χ1n) is 10.5. The van der Waals surface area contributed by atoms with Crippen LogP contribution in [0.1, 0.15) is 40.7 Å². The third kappa shape index (κ3) is 3.67. The number of hydrogen-bond acceptors (Lipinski definition) is 4. The summed E-state index contributed by atoms with van der Waals surface area (Å²) in [5.41, 5.74) is 10.5. The fraction of sp³-hybridized carbons (Fsp3) is 0.292. The number of nitrogens with zero attached hydrogens (tertiary/aromatic N) is 4. The van der Waals surface area contributed by atoms with Gasteiger partial charge in [0.05, 0.1) is 17.4 Å². The van der Waals surface area contributed by atoms with E-state index in [0.29, 0.717) is 41.3 Å². The van der Waals surface area contributed by atoms with Crippen LogP contribution < -0.4 is 5.73 Å². The van der Waals surface area contributed by atoms with Gasteiger partial charge >= 0.3 is 0 Å². The Morgan fingerprint density at radius 3 is 2.52 bits per heavy atom. The van der Waals surface area contributed by atoms with Crippen LogP contribution in [-0.2, 0) is 0 Å². The molecule has 2 N–H and O–H groups in total. The van der Waals surface area contributed by atoms with Crippen LogP contribution in [0.25, 0.3) is 5.65 Å². The van der Waals surface area contributed by atoms with Crippen molar-refractivity contribution in [2.75, 3.05) is 13.6 Å². The van der Waals surface area contributed by atoms with Crippen molar-refractivity contribution in [2.24, 2.45) is 10.7 Å². The second-order valence-electron chi connectivity index (χ2n) is 8.12. The Morgan fingerprint density at radius 1 is 1.21 bits per heavy atom. The number of halogens is 3. The summed E-state index contributed by atoms with van der Waals surface area (Å²) in [5, 5.41) is 0. The molecule has 0 saturated heterocycles. The highest BCUT2D eigenvalue weighted by atomic mass is 19.2. The summed E-state index contributed by atoms with van der Waals surface area (Å²) in [5.74, 6) is -4.36. The van der Waals surface area contributed by atoms with Crippen molar-refractivity contribution in [3.63, 3.8) is 0 Å².